The Kier molecular flexibility index (Phi) is 2.51. The van der Waals surface area contributed by atoms with Gasteiger partial charge in [-0.05, 0) is 38.1 Å². The third-order valence-corrected chi connectivity index (χ3v) is 5.10. The SMILES string of the molecule is C[C@@]12C=C[C@](C)(O1)[C@H]1C(=O)N(c3ccc(C(=O)O)cc3)C(=O)[C@H]12. The smallest absolute Gasteiger partial charge is 0.335 e. The van der Waals surface area contributed by atoms with E-state index in [0.29, 0.717) is 5.69 Å². The van der Waals surface area contributed by atoms with Gasteiger partial charge < -0.3 is 9.84 Å². The van der Waals surface area contributed by atoms with Gasteiger partial charge >= 0.3 is 5.97 Å². The van der Waals surface area contributed by atoms with Crippen LogP contribution in [0.5, 0.6) is 0 Å². The van der Waals surface area contributed by atoms with Crippen molar-refractivity contribution in [1.82, 2.24) is 0 Å². The highest BCUT2D eigenvalue weighted by Crippen LogP contribution is 2.57. The second-order valence-corrected chi connectivity index (χ2v) is 6.62. The summed E-state index contributed by atoms with van der Waals surface area (Å²) in [7, 11) is 0. The molecule has 0 saturated carbocycles. The van der Waals surface area contributed by atoms with E-state index >= 15 is 0 Å². The van der Waals surface area contributed by atoms with Gasteiger partial charge in [-0.2, -0.15) is 0 Å². The van der Waals surface area contributed by atoms with Crippen molar-refractivity contribution in [1.29, 1.82) is 0 Å². The van der Waals surface area contributed by atoms with Crippen LogP contribution >= 0.6 is 0 Å². The molecular formula is C17H15NO5. The first-order valence-electron chi connectivity index (χ1n) is 7.39. The molecule has 2 bridgehead atoms. The normalized spacial score (nSPS) is 37.6. The van der Waals surface area contributed by atoms with Crippen molar-refractivity contribution in [3.63, 3.8) is 0 Å². The van der Waals surface area contributed by atoms with Gasteiger partial charge in [0, 0.05) is 0 Å². The molecule has 0 aliphatic carbocycles. The van der Waals surface area contributed by atoms with Crippen LogP contribution in [0, 0.1) is 11.8 Å². The summed E-state index contributed by atoms with van der Waals surface area (Å²) in [5, 5.41) is 8.95. The van der Waals surface area contributed by atoms with Crippen LogP contribution in [0.2, 0.25) is 0 Å². The molecule has 0 unspecified atom stereocenters. The van der Waals surface area contributed by atoms with E-state index in [1.165, 1.54) is 24.3 Å². The number of carbonyl (C=O) groups is 3. The second kappa shape index (κ2) is 4.08. The third kappa shape index (κ3) is 1.64. The number of hydrogen-bond acceptors (Lipinski definition) is 4. The number of carboxylic acids is 1. The maximum atomic E-state index is 12.8. The first-order chi connectivity index (χ1) is 10.8. The van der Waals surface area contributed by atoms with E-state index in [9.17, 15) is 14.4 Å². The fraction of sp³-hybridized carbons (Fsp3) is 0.353. The third-order valence-electron chi connectivity index (χ3n) is 5.10. The standard InChI is InChI=1S/C17H15NO5/c1-16-7-8-17(2,23-16)12-11(16)13(19)18(14(12)20)10-5-3-9(4-6-10)15(21)22/h3-8,11-12H,1-2H3,(H,21,22)/t11-,12+,16-,17-/m0/s1. The Bertz CT molecular complexity index is 747. The van der Waals surface area contributed by atoms with E-state index in [2.05, 4.69) is 0 Å². The van der Waals surface area contributed by atoms with Crippen LogP contribution in [-0.4, -0.2) is 34.1 Å². The summed E-state index contributed by atoms with van der Waals surface area (Å²) in [4.78, 5) is 37.7. The number of fused-ring (bicyclic) bond motifs is 5. The highest BCUT2D eigenvalue weighted by atomic mass is 16.5. The number of carboxylic acid groups (broad SMARTS) is 1. The summed E-state index contributed by atoms with van der Waals surface area (Å²) in [6, 6.07) is 5.75. The molecule has 4 atom stereocenters. The lowest BCUT2D eigenvalue weighted by atomic mass is 9.73. The predicted molar refractivity (Wildman–Crippen MR) is 79.9 cm³/mol. The maximum absolute atomic E-state index is 12.8. The molecule has 3 aliphatic rings. The quantitative estimate of drug-likeness (QED) is 0.662. The minimum atomic E-state index is -1.05. The van der Waals surface area contributed by atoms with Crippen molar-refractivity contribution in [2.24, 2.45) is 11.8 Å². The lowest BCUT2D eigenvalue weighted by molar-refractivity contribution is -0.128. The number of rotatable bonds is 2. The van der Waals surface area contributed by atoms with Gasteiger partial charge in [0.2, 0.25) is 11.8 Å². The van der Waals surface area contributed by atoms with E-state index in [4.69, 9.17) is 9.84 Å². The molecule has 3 aliphatic heterocycles. The van der Waals surface area contributed by atoms with Crippen LogP contribution in [0.25, 0.3) is 0 Å². The van der Waals surface area contributed by atoms with E-state index in [1.807, 2.05) is 26.0 Å². The summed E-state index contributed by atoms with van der Waals surface area (Å²) in [6.07, 6.45) is 3.72. The zero-order chi connectivity index (χ0) is 16.6. The van der Waals surface area contributed by atoms with Gasteiger partial charge in [0.05, 0.1) is 34.3 Å². The van der Waals surface area contributed by atoms with Crippen molar-refractivity contribution >= 4 is 23.5 Å². The molecule has 3 heterocycles. The summed E-state index contributed by atoms with van der Waals surface area (Å²) < 4.78 is 5.93. The number of nitrogens with zero attached hydrogens (tertiary/aromatic N) is 1. The van der Waals surface area contributed by atoms with Gasteiger partial charge in [0.25, 0.3) is 0 Å². The van der Waals surface area contributed by atoms with Crippen LogP contribution in [0.1, 0.15) is 24.2 Å². The molecule has 4 rings (SSSR count). The molecule has 1 aromatic carbocycles. The minimum absolute atomic E-state index is 0.108. The number of amides is 2. The molecule has 2 fully saturated rings. The first kappa shape index (κ1) is 14.1. The van der Waals surface area contributed by atoms with E-state index in [1.54, 1.807) is 0 Å². The average molecular weight is 313 g/mol. The number of benzene rings is 1. The molecule has 6 nitrogen and oxygen atoms in total. The molecule has 2 amide bonds. The number of ether oxygens (including phenoxy) is 1. The minimum Gasteiger partial charge on any atom is -0.478 e. The predicted octanol–water partition coefficient (Wildman–Crippen LogP) is 1.61. The Labute approximate surface area is 132 Å². The second-order valence-electron chi connectivity index (χ2n) is 6.62. The Morgan fingerprint density at radius 1 is 1.04 bits per heavy atom. The van der Waals surface area contributed by atoms with Crippen molar-refractivity contribution in [2.45, 2.75) is 25.0 Å². The lowest BCUT2D eigenvalue weighted by Crippen LogP contribution is -2.39. The number of aromatic carboxylic acids is 1. The molecule has 23 heavy (non-hydrogen) atoms. The molecular weight excluding hydrogens is 298 g/mol. The van der Waals surface area contributed by atoms with Crippen LogP contribution < -0.4 is 4.90 Å². The van der Waals surface area contributed by atoms with Gasteiger partial charge in [0.15, 0.2) is 0 Å². The van der Waals surface area contributed by atoms with Gasteiger partial charge in [-0.25, -0.2) is 9.69 Å². The Balaban J connectivity index is 1.75. The number of hydrogen-bond donors (Lipinski definition) is 1. The zero-order valence-corrected chi connectivity index (χ0v) is 12.6. The van der Waals surface area contributed by atoms with Gasteiger partial charge in [-0.15, -0.1) is 0 Å². The number of imide groups is 1. The molecule has 0 spiro atoms. The summed E-state index contributed by atoms with van der Waals surface area (Å²) in [6.45, 7) is 3.64. The molecule has 1 aromatic rings. The van der Waals surface area contributed by atoms with Crippen molar-refractivity contribution < 1.29 is 24.2 Å². The fourth-order valence-corrected chi connectivity index (χ4v) is 4.04. The number of carbonyl (C=O) groups excluding carboxylic acids is 2. The largest absolute Gasteiger partial charge is 0.478 e. The van der Waals surface area contributed by atoms with Crippen LogP contribution in [0.4, 0.5) is 5.69 Å². The topological polar surface area (TPSA) is 83.9 Å². The molecule has 118 valence electrons. The zero-order valence-electron chi connectivity index (χ0n) is 12.6. The van der Waals surface area contributed by atoms with E-state index in [-0.39, 0.29) is 17.4 Å². The van der Waals surface area contributed by atoms with Gasteiger partial charge in [-0.1, -0.05) is 12.2 Å². The highest BCUT2D eigenvalue weighted by Gasteiger charge is 2.70. The molecule has 6 heteroatoms. The Morgan fingerprint density at radius 3 is 1.96 bits per heavy atom. The summed E-state index contributed by atoms with van der Waals surface area (Å²) >= 11 is 0. The summed E-state index contributed by atoms with van der Waals surface area (Å²) in [5.41, 5.74) is -1.02. The van der Waals surface area contributed by atoms with Gasteiger partial charge in [0.1, 0.15) is 0 Å². The van der Waals surface area contributed by atoms with Crippen molar-refractivity contribution in [3.8, 4) is 0 Å². The molecule has 0 radical (unpaired) electrons. The van der Waals surface area contributed by atoms with Crippen LogP contribution in [0.3, 0.4) is 0 Å². The Hall–Kier alpha value is -2.47. The number of anilines is 1. The van der Waals surface area contributed by atoms with Crippen LogP contribution in [0.15, 0.2) is 36.4 Å². The van der Waals surface area contributed by atoms with Crippen molar-refractivity contribution in [3.05, 3.63) is 42.0 Å². The first-order valence-corrected chi connectivity index (χ1v) is 7.39. The van der Waals surface area contributed by atoms with Crippen LogP contribution in [-0.2, 0) is 14.3 Å². The molecule has 0 aromatic heterocycles. The lowest BCUT2D eigenvalue weighted by Gasteiger charge is -2.25. The van der Waals surface area contributed by atoms with E-state index in [0.717, 1.165) is 4.90 Å². The fourth-order valence-electron chi connectivity index (χ4n) is 4.04. The van der Waals surface area contributed by atoms with Gasteiger partial charge in [-0.3, -0.25) is 9.59 Å². The van der Waals surface area contributed by atoms with E-state index < -0.39 is 29.0 Å². The average Bonchev–Trinajstić information content (AvgIpc) is 3.04. The highest BCUT2D eigenvalue weighted by molar-refractivity contribution is 6.23. The summed E-state index contributed by atoms with van der Waals surface area (Å²) in [5.74, 6) is -2.71. The monoisotopic (exact) mass is 313 g/mol. The molecule has 2 saturated heterocycles. The Morgan fingerprint density at radius 2 is 1.52 bits per heavy atom. The maximum Gasteiger partial charge on any atom is 0.335 e. The van der Waals surface area contributed by atoms with Crippen molar-refractivity contribution in [2.75, 3.05) is 4.90 Å². The molecule has 1 N–H and O–H groups in total.